The van der Waals surface area contributed by atoms with E-state index < -0.39 is 12.0 Å². The molecule has 2 aromatic rings. The molecular formula is C32H36N4O6S. The molecule has 11 heteroatoms. The van der Waals surface area contributed by atoms with E-state index in [0.29, 0.717) is 67.1 Å². The summed E-state index contributed by atoms with van der Waals surface area (Å²) in [6, 6.07) is 14.9. The molecule has 0 radical (unpaired) electrons. The maximum Gasteiger partial charge on any atom is 0.338 e. The number of rotatable bonds is 9. The number of esters is 1. The molecule has 1 saturated heterocycles. The lowest BCUT2D eigenvalue weighted by molar-refractivity contribution is -0.138. The first-order valence-electron chi connectivity index (χ1n) is 14.3. The highest BCUT2D eigenvalue weighted by molar-refractivity contribution is 8.16. The van der Waals surface area contributed by atoms with Crippen molar-refractivity contribution in [3.05, 3.63) is 82.0 Å². The Hall–Kier alpha value is -4.25. The maximum absolute atomic E-state index is 13.4. The Kier molecular flexibility index (Phi) is 9.40. The van der Waals surface area contributed by atoms with Crippen molar-refractivity contribution in [3.63, 3.8) is 0 Å². The molecule has 5 rings (SSSR count). The molecule has 1 fully saturated rings. The molecule has 3 aliphatic heterocycles. The van der Waals surface area contributed by atoms with E-state index in [-0.39, 0.29) is 18.2 Å². The second-order valence-electron chi connectivity index (χ2n) is 10.3. The molecule has 226 valence electrons. The van der Waals surface area contributed by atoms with Crippen molar-refractivity contribution < 1.29 is 28.6 Å². The van der Waals surface area contributed by atoms with E-state index in [1.54, 1.807) is 23.8 Å². The smallest absolute Gasteiger partial charge is 0.338 e. The van der Waals surface area contributed by atoms with Gasteiger partial charge in [-0.05, 0) is 35.1 Å². The van der Waals surface area contributed by atoms with Gasteiger partial charge in [-0.25, -0.2) is 9.79 Å². The third-order valence-electron chi connectivity index (χ3n) is 7.78. The molecule has 0 aromatic heterocycles. The van der Waals surface area contributed by atoms with Gasteiger partial charge in [-0.15, -0.1) is 0 Å². The second-order valence-corrected chi connectivity index (χ2v) is 11.2. The molecule has 0 N–H and O–H groups in total. The van der Waals surface area contributed by atoms with E-state index >= 15 is 0 Å². The summed E-state index contributed by atoms with van der Waals surface area (Å²) in [7, 11) is 2.94. The number of hydrogen-bond donors (Lipinski definition) is 0. The Bertz CT molecular complexity index is 1480. The molecule has 2 amide bonds. The lowest BCUT2D eigenvalue weighted by Gasteiger charge is -2.38. The molecule has 0 saturated carbocycles. The summed E-state index contributed by atoms with van der Waals surface area (Å²) in [5, 5.41) is 2.62. The number of amidine groups is 1. The fourth-order valence-corrected chi connectivity index (χ4v) is 6.41. The highest BCUT2D eigenvalue weighted by Gasteiger charge is 2.42. The highest BCUT2D eigenvalue weighted by atomic mass is 32.2. The van der Waals surface area contributed by atoms with Gasteiger partial charge in [0.15, 0.2) is 16.7 Å². The number of hydrogen-bond acceptors (Lipinski definition) is 9. The molecule has 0 spiro atoms. The van der Waals surface area contributed by atoms with Gasteiger partial charge in [0.25, 0.3) is 0 Å². The number of fused-ring (bicyclic) bond motifs is 1. The Balaban J connectivity index is 1.45. The second kappa shape index (κ2) is 13.4. The first-order chi connectivity index (χ1) is 20.8. The van der Waals surface area contributed by atoms with Gasteiger partial charge in [-0.1, -0.05) is 55.1 Å². The Morgan fingerprint density at radius 1 is 0.977 bits per heavy atom. The highest BCUT2D eigenvalue weighted by Crippen LogP contribution is 2.47. The quantitative estimate of drug-likeness (QED) is 0.386. The summed E-state index contributed by atoms with van der Waals surface area (Å²) in [4.78, 5) is 48.8. The van der Waals surface area contributed by atoms with Crippen LogP contribution in [0.25, 0.3) is 0 Å². The van der Waals surface area contributed by atoms with Gasteiger partial charge in [0, 0.05) is 38.8 Å². The minimum atomic E-state index is -0.587. The molecule has 0 bridgehead atoms. The largest absolute Gasteiger partial charge is 0.493 e. The molecule has 1 atom stereocenters. The molecule has 2 aromatic carbocycles. The van der Waals surface area contributed by atoms with Crippen LogP contribution < -0.4 is 9.47 Å². The SMILES string of the molecule is CCC1=C(C(=O)OC)[C@H](c2ccc(OCc3ccccc3)c(OC)c2)N2C(CC(=O)N3CCN(C(C)=O)CC3)=CSC2=N1. The number of piperazine rings is 1. The zero-order valence-electron chi connectivity index (χ0n) is 24.9. The van der Waals surface area contributed by atoms with Crippen LogP contribution in [0.4, 0.5) is 0 Å². The van der Waals surface area contributed by atoms with E-state index in [1.807, 2.05) is 65.8 Å². The van der Waals surface area contributed by atoms with Gasteiger partial charge < -0.3 is 28.9 Å². The normalized spacial score (nSPS) is 18.1. The van der Waals surface area contributed by atoms with Crippen LogP contribution in [0.2, 0.25) is 0 Å². The van der Waals surface area contributed by atoms with Gasteiger partial charge in [0.1, 0.15) is 6.61 Å². The van der Waals surface area contributed by atoms with Gasteiger partial charge in [-0.3, -0.25) is 9.59 Å². The number of allylic oxidation sites excluding steroid dienone is 1. The van der Waals surface area contributed by atoms with Crippen molar-refractivity contribution >= 4 is 34.7 Å². The summed E-state index contributed by atoms with van der Waals surface area (Å²) < 4.78 is 17.1. The molecule has 3 aliphatic rings. The average molecular weight is 605 g/mol. The van der Waals surface area contributed by atoms with E-state index in [9.17, 15) is 14.4 Å². The molecule has 0 unspecified atom stereocenters. The van der Waals surface area contributed by atoms with Crippen molar-refractivity contribution in [2.75, 3.05) is 40.4 Å². The molecule has 10 nitrogen and oxygen atoms in total. The van der Waals surface area contributed by atoms with Crippen molar-refractivity contribution in [3.8, 4) is 11.5 Å². The lowest BCUT2D eigenvalue weighted by atomic mass is 9.92. The topological polar surface area (TPSA) is 101 Å². The van der Waals surface area contributed by atoms with Crippen molar-refractivity contribution in [1.29, 1.82) is 0 Å². The number of amides is 2. The predicted octanol–water partition coefficient (Wildman–Crippen LogP) is 4.49. The zero-order valence-corrected chi connectivity index (χ0v) is 25.7. The summed E-state index contributed by atoms with van der Waals surface area (Å²) in [6.07, 6.45) is 0.664. The van der Waals surface area contributed by atoms with E-state index in [4.69, 9.17) is 19.2 Å². The van der Waals surface area contributed by atoms with Crippen molar-refractivity contribution in [2.24, 2.45) is 4.99 Å². The fraction of sp³-hybridized carbons (Fsp3) is 0.375. The number of aliphatic imine (C=N–C) groups is 1. The Morgan fingerprint density at radius 3 is 2.35 bits per heavy atom. The van der Waals surface area contributed by atoms with Gasteiger partial charge in [-0.2, -0.15) is 0 Å². The first kappa shape index (κ1) is 30.2. The van der Waals surface area contributed by atoms with E-state index in [2.05, 4.69) is 0 Å². The number of carbonyl (C=O) groups excluding carboxylic acids is 3. The van der Waals surface area contributed by atoms with Crippen molar-refractivity contribution in [2.45, 2.75) is 39.3 Å². The standard InChI is InChI=1S/C32H36N4O6S/c1-5-25-29(31(39)41-4)30(23-11-12-26(27(17-23)40-3)42-19-22-9-7-6-8-10-22)36-24(20-43-32(36)33-25)18-28(38)35-15-13-34(14-16-35)21(2)37/h6-12,17,20,30H,5,13-16,18-19H2,1-4H3/t30-/m0/s1. The predicted molar refractivity (Wildman–Crippen MR) is 164 cm³/mol. The molecule has 3 heterocycles. The van der Waals surface area contributed by atoms with E-state index in [1.165, 1.54) is 18.9 Å². The van der Waals surface area contributed by atoms with Crippen LogP contribution in [0.15, 0.2) is 75.9 Å². The number of benzene rings is 2. The van der Waals surface area contributed by atoms with Gasteiger partial charge in [0.2, 0.25) is 11.8 Å². The number of methoxy groups -OCH3 is 2. The number of carbonyl (C=O) groups is 3. The summed E-state index contributed by atoms with van der Waals surface area (Å²) >= 11 is 1.43. The van der Waals surface area contributed by atoms with Crippen LogP contribution in [0.1, 0.15) is 43.9 Å². The monoisotopic (exact) mass is 604 g/mol. The van der Waals surface area contributed by atoms with Crippen LogP contribution >= 0.6 is 11.8 Å². The third kappa shape index (κ3) is 6.41. The minimum absolute atomic E-state index is 0.0137. The zero-order chi connectivity index (χ0) is 30.5. The first-order valence-corrected chi connectivity index (χ1v) is 15.2. The third-order valence-corrected chi connectivity index (χ3v) is 8.67. The Labute approximate surface area is 256 Å². The molecule has 43 heavy (non-hydrogen) atoms. The summed E-state index contributed by atoms with van der Waals surface area (Å²) in [5.41, 5.74) is 3.61. The maximum atomic E-state index is 13.4. The van der Waals surface area contributed by atoms with E-state index in [0.717, 1.165) is 16.8 Å². The molecule has 0 aliphatic carbocycles. The summed E-state index contributed by atoms with van der Waals surface area (Å²) in [5.74, 6) is 0.597. The number of ether oxygens (including phenoxy) is 3. The van der Waals surface area contributed by atoms with Crippen LogP contribution in [0, 0.1) is 0 Å². The Morgan fingerprint density at radius 2 is 1.70 bits per heavy atom. The van der Waals surface area contributed by atoms with Gasteiger partial charge in [0.05, 0.1) is 38.0 Å². The van der Waals surface area contributed by atoms with Gasteiger partial charge >= 0.3 is 5.97 Å². The van der Waals surface area contributed by atoms with Crippen LogP contribution in [-0.2, 0) is 25.7 Å². The van der Waals surface area contributed by atoms with Crippen molar-refractivity contribution in [1.82, 2.24) is 14.7 Å². The van der Waals surface area contributed by atoms with Crippen LogP contribution in [-0.4, -0.2) is 78.0 Å². The lowest BCUT2D eigenvalue weighted by Crippen LogP contribution is -2.50. The fourth-order valence-electron chi connectivity index (χ4n) is 5.47. The minimum Gasteiger partial charge on any atom is -0.493 e. The average Bonchev–Trinajstić information content (AvgIpc) is 3.44. The number of thioether (sulfide) groups is 1. The number of nitrogens with zero attached hydrogens (tertiary/aromatic N) is 4. The van der Waals surface area contributed by atoms with Crippen LogP contribution in [0.3, 0.4) is 0 Å². The summed E-state index contributed by atoms with van der Waals surface area (Å²) in [6.45, 7) is 5.87. The molecular weight excluding hydrogens is 568 g/mol. The van der Waals surface area contributed by atoms with Crippen LogP contribution in [0.5, 0.6) is 11.5 Å².